The van der Waals surface area contributed by atoms with Gasteiger partial charge in [0, 0.05) is 19.6 Å². The normalized spacial score (nSPS) is 19.8. The highest BCUT2D eigenvalue weighted by Gasteiger charge is 2.23. The quantitative estimate of drug-likeness (QED) is 0.863. The van der Waals surface area contributed by atoms with Crippen molar-refractivity contribution in [2.24, 2.45) is 5.92 Å². The third-order valence-electron chi connectivity index (χ3n) is 3.71. The molecule has 0 radical (unpaired) electrons. The number of hydrogen-bond donors (Lipinski definition) is 1. The molecule has 1 aromatic heterocycles. The van der Waals surface area contributed by atoms with Gasteiger partial charge in [0.15, 0.2) is 0 Å². The van der Waals surface area contributed by atoms with Crippen molar-refractivity contribution in [3.8, 4) is 0 Å². The minimum Gasteiger partial charge on any atom is -0.379 e. The summed E-state index contributed by atoms with van der Waals surface area (Å²) in [5.74, 6) is 0.121. The van der Waals surface area contributed by atoms with Gasteiger partial charge in [0.2, 0.25) is 0 Å². The number of halogens is 1. The van der Waals surface area contributed by atoms with Crippen LogP contribution in [0.15, 0.2) is 18.3 Å². The van der Waals surface area contributed by atoms with E-state index in [2.05, 4.69) is 29.0 Å². The molecule has 0 amide bonds. The Labute approximate surface area is 120 Å². The second-order valence-electron chi connectivity index (χ2n) is 5.33. The van der Waals surface area contributed by atoms with Crippen LogP contribution in [0.5, 0.6) is 0 Å². The zero-order chi connectivity index (χ0) is 14.4. The van der Waals surface area contributed by atoms with Gasteiger partial charge in [-0.05, 0) is 24.6 Å². The first kappa shape index (κ1) is 15.4. The summed E-state index contributed by atoms with van der Waals surface area (Å²) in [7, 11) is 0. The molecule has 1 aromatic rings. The number of hydrogen-bond acceptors (Lipinski definition) is 4. The van der Waals surface area contributed by atoms with Crippen molar-refractivity contribution in [3.63, 3.8) is 0 Å². The summed E-state index contributed by atoms with van der Waals surface area (Å²) in [6.45, 7) is 9.77. The van der Waals surface area contributed by atoms with Crippen LogP contribution in [0.2, 0.25) is 0 Å². The Balaban J connectivity index is 2.00. The summed E-state index contributed by atoms with van der Waals surface area (Å²) < 4.78 is 18.4. The molecule has 1 N–H and O–H groups in total. The molecule has 2 heterocycles. The van der Waals surface area contributed by atoms with Crippen LogP contribution in [0.4, 0.5) is 4.39 Å². The fourth-order valence-corrected chi connectivity index (χ4v) is 2.68. The van der Waals surface area contributed by atoms with Gasteiger partial charge in [-0.2, -0.15) is 0 Å². The number of morpholine rings is 1. The monoisotopic (exact) mass is 281 g/mol. The van der Waals surface area contributed by atoms with E-state index in [1.165, 1.54) is 12.3 Å². The predicted molar refractivity (Wildman–Crippen MR) is 77.0 cm³/mol. The maximum atomic E-state index is 13.0. The van der Waals surface area contributed by atoms with Crippen LogP contribution in [0.3, 0.4) is 0 Å². The first-order valence-electron chi connectivity index (χ1n) is 7.35. The van der Waals surface area contributed by atoms with Crippen molar-refractivity contribution < 1.29 is 9.13 Å². The highest BCUT2D eigenvalue weighted by atomic mass is 19.1. The Morgan fingerprint density at radius 1 is 1.40 bits per heavy atom. The number of rotatable bonds is 6. The molecule has 4 nitrogen and oxygen atoms in total. The molecule has 1 saturated heterocycles. The molecule has 20 heavy (non-hydrogen) atoms. The van der Waals surface area contributed by atoms with E-state index in [1.54, 1.807) is 6.07 Å². The van der Waals surface area contributed by atoms with E-state index in [0.29, 0.717) is 5.92 Å². The zero-order valence-electron chi connectivity index (χ0n) is 12.3. The zero-order valence-corrected chi connectivity index (χ0v) is 12.3. The van der Waals surface area contributed by atoms with Gasteiger partial charge in [-0.3, -0.25) is 9.88 Å². The van der Waals surface area contributed by atoms with Crippen molar-refractivity contribution in [2.75, 3.05) is 39.4 Å². The molecule has 0 aliphatic carbocycles. The number of aromatic nitrogens is 1. The topological polar surface area (TPSA) is 37.4 Å². The highest BCUT2D eigenvalue weighted by molar-refractivity contribution is 5.11. The van der Waals surface area contributed by atoms with Gasteiger partial charge in [0.05, 0.1) is 31.1 Å². The summed E-state index contributed by atoms with van der Waals surface area (Å²) in [5, 5.41) is 3.46. The van der Waals surface area contributed by atoms with Gasteiger partial charge in [-0.25, -0.2) is 4.39 Å². The average molecular weight is 281 g/mol. The van der Waals surface area contributed by atoms with E-state index in [0.717, 1.165) is 45.1 Å². The van der Waals surface area contributed by atoms with Crippen molar-refractivity contribution in [1.29, 1.82) is 0 Å². The minimum atomic E-state index is -0.287. The molecule has 2 rings (SSSR count). The Hall–Kier alpha value is -1.04. The van der Waals surface area contributed by atoms with Gasteiger partial charge in [-0.15, -0.1) is 0 Å². The molecule has 112 valence electrons. The number of ether oxygens (including phenoxy) is 1. The maximum Gasteiger partial charge on any atom is 0.141 e. The summed E-state index contributed by atoms with van der Waals surface area (Å²) in [5.41, 5.74) is 0.911. The van der Waals surface area contributed by atoms with Crippen molar-refractivity contribution in [1.82, 2.24) is 15.2 Å². The maximum absolute atomic E-state index is 13.0. The molecule has 0 spiro atoms. The molecule has 1 fully saturated rings. The Kier molecular flexibility index (Phi) is 5.88. The standard InChI is InChI=1S/C15H24FN3O/c1-3-17-15(14-5-4-13(16)10-18-14)12(2)11-19-6-8-20-9-7-19/h4-5,10,12,15,17H,3,6-9,11H2,1-2H3. The van der Waals surface area contributed by atoms with E-state index in [9.17, 15) is 4.39 Å². The van der Waals surface area contributed by atoms with Crippen molar-refractivity contribution in [2.45, 2.75) is 19.9 Å². The van der Waals surface area contributed by atoms with E-state index in [-0.39, 0.29) is 11.9 Å². The summed E-state index contributed by atoms with van der Waals surface area (Å²) >= 11 is 0. The Morgan fingerprint density at radius 2 is 2.15 bits per heavy atom. The van der Waals surface area contributed by atoms with E-state index < -0.39 is 0 Å². The molecular weight excluding hydrogens is 257 g/mol. The molecule has 2 unspecified atom stereocenters. The van der Waals surface area contributed by atoms with E-state index in [4.69, 9.17) is 4.74 Å². The summed E-state index contributed by atoms with van der Waals surface area (Å²) in [4.78, 5) is 6.65. The van der Waals surface area contributed by atoms with Crippen LogP contribution < -0.4 is 5.32 Å². The van der Waals surface area contributed by atoms with Gasteiger partial charge in [-0.1, -0.05) is 13.8 Å². The lowest BCUT2D eigenvalue weighted by Gasteiger charge is -2.32. The average Bonchev–Trinajstić information content (AvgIpc) is 2.47. The van der Waals surface area contributed by atoms with Crippen LogP contribution in [0, 0.1) is 11.7 Å². The van der Waals surface area contributed by atoms with E-state index in [1.807, 2.05) is 0 Å². The predicted octanol–water partition coefficient (Wildman–Crippen LogP) is 1.84. The smallest absolute Gasteiger partial charge is 0.141 e. The Morgan fingerprint density at radius 3 is 2.75 bits per heavy atom. The van der Waals surface area contributed by atoms with Gasteiger partial charge in [0.25, 0.3) is 0 Å². The molecule has 0 bridgehead atoms. The fraction of sp³-hybridized carbons (Fsp3) is 0.667. The molecule has 0 aromatic carbocycles. The lowest BCUT2D eigenvalue weighted by molar-refractivity contribution is 0.0290. The number of nitrogens with one attached hydrogen (secondary N) is 1. The second-order valence-corrected chi connectivity index (χ2v) is 5.33. The van der Waals surface area contributed by atoms with Crippen molar-refractivity contribution >= 4 is 0 Å². The van der Waals surface area contributed by atoms with Gasteiger partial charge < -0.3 is 10.1 Å². The first-order valence-corrected chi connectivity index (χ1v) is 7.35. The first-order chi connectivity index (χ1) is 9.70. The van der Waals surface area contributed by atoms with E-state index >= 15 is 0 Å². The minimum absolute atomic E-state index is 0.156. The lowest BCUT2D eigenvalue weighted by Crippen LogP contribution is -2.42. The fourth-order valence-electron chi connectivity index (χ4n) is 2.68. The van der Waals surface area contributed by atoms with Gasteiger partial charge >= 0.3 is 0 Å². The molecule has 0 saturated carbocycles. The molecule has 1 aliphatic rings. The Bertz CT molecular complexity index is 393. The molecule has 2 atom stereocenters. The third-order valence-corrected chi connectivity index (χ3v) is 3.71. The molecular formula is C15H24FN3O. The third kappa shape index (κ3) is 4.23. The largest absolute Gasteiger partial charge is 0.379 e. The van der Waals surface area contributed by atoms with Crippen LogP contribution in [-0.2, 0) is 4.74 Å². The number of pyridine rings is 1. The second kappa shape index (κ2) is 7.67. The van der Waals surface area contributed by atoms with Crippen LogP contribution in [-0.4, -0.2) is 49.3 Å². The van der Waals surface area contributed by atoms with Crippen LogP contribution in [0.25, 0.3) is 0 Å². The van der Waals surface area contributed by atoms with Crippen LogP contribution >= 0.6 is 0 Å². The van der Waals surface area contributed by atoms with Crippen LogP contribution in [0.1, 0.15) is 25.6 Å². The number of nitrogens with zero attached hydrogens (tertiary/aromatic N) is 2. The lowest BCUT2D eigenvalue weighted by atomic mass is 9.97. The summed E-state index contributed by atoms with van der Waals surface area (Å²) in [6, 6.07) is 3.41. The van der Waals surface area contributed by atoms with Crippen molar-refractivity contribution in [3.05, 3.63) is 29.8 Å². The highest BCUT2D eigenvalue weighted by Crippen LogP contribution is 2.21. The molecule has 5 heteroatoms. The van der Waals surface area contributed by atoms with Gasteiger partial charge in [0.1, 0.15) is 5.82 Å². The SMILES string of the molecule is CCNC(c1ccc(F)cn1)C(C)CN1CCOCC1. The molecule has 1 aliphatic heterocycles. The summed E-state index contributed by atoms with van der Waals surface area (Å²) in [6.07, 6.45) is 1.29.